The minimum Gasteiger partial charge on any atom is -0.472 e. The van der Waals surface area contributed by atoms with Gasteiger partial charge in [0.15, 0.2) is 28.2 Å². The van der Waals surface area contributed by atoms with Crippen molar-refractivity contribution in [3.63, 3.8) is 0 Å². The van der Waals surface area contributed by atoms with Crippen LogP contribution in [0.2, 0.25) is 5.15 Å². The van der Waals surface area contributed by atoms with Crippen LogP contribution in [0.3, 0.4) is 0 Å². The van der Waals surface area contributed by atoms with Crippen molar-refractivity contribution in [1.82, 2.24) is 9.97 Å². The number of rotatable bonds is 9. The summed E-state index contributed by atoms with van der Waals surface area (Å²) in [6.07, 6.45) is 0. The van der Waals surface area contributed by atoms with Gasteiger partial charge in [-0.2, -0.15) is 31.0 Å². The molecule has 0 bridgehead atoms. The van der Waals surface area contributed by atoms with E-state index in [1.807, 2.05) is 66.7 Å². The van der Waals surface area contributed by atoms with E-state index >= 15 is 0 Å². The van der Waals surface area contributed by atoms with Crippen molar-refractivity contribution < 1.29 is 28.4 Å². The summed E-state index contributed by atoms with van der Waals surface area (Å²) in [6, 6.07) is 38.0. The van der Waals surface area contributed by atoms with Crippen molar-refractivity contribution in [1.29, 1.82) is 21.0 Å². The second kappa shape index (κ2) is 20.4. The molecular formula is C45H37ClN8O6. The summed E-state index contributed by atoms with van der Waals surface area (Å²) in [4.78, 5) is 8.50. The van der Waals surface area contributed by atoms with Crippen LogP contribution in [-0.4, -0.2) is 37.6 Å². The second-order valence-electron chi connectivity index (χ2n) is 12.1. The van der Waals surface area contributed by atoms with Gasteiger partial charge >= 0.3 is 0 Å². The fourth-order valence-corrected chi connectivity index (χ4v) is 6.25. The Balaban J connectivity index is 0.000000215. The van der Waals surface area contributed by atoms with E-state index in [1.165, 1.54) is 7.05 Å². The number of hydrogen-bond acceptors (Lipinski definition) is 14. The van der Waals surface area contributed by atoms with Gasteiger partial charge in [-0.3, -0.25) is 0 Å². The number of benzene rings is 4. The van der Waals surface area contributed by atoms with Crippen molar-refractivity contribution in [2.45, 2.75) is 20.6 Å². The normalized spacial score (nSPS) is 11.0. The molecule has 2 aliphatic rings. The van der Waals surface area contributed by atoms with Gasteiger partial charge in [-0.15, -0.1) is 0 Å². The van der Waals surface area contributed by atoms with Gasteiger partial charge in [0.2, 0.25) is 25.3 Å². The van der Waals surface area contributed by atoms with Crippen LogP contribution in [0.1, 0.15) is 40.8 Å². The summed E-state index contributed by atoms with van der Waals surface area (Å²) >= 11 is 6.23. The summed E-state index contributed by atoms with van der Waals surface area (Å²) in [5, 5.41) is 41.9. The molecule has 0 amide bonds. The van der Waals surface area contributed by atoms with Crippen LogP contribution in [0.5, 0.6) is 34.8 Å². The molecule has 8 rings (SSSR count). The lowest BCUT2D eigenvalue weighted by molar-refractivity contribution is 0.173. The highest BCUT2D eigenvalue weighted by atomic mass is 35.5. The number of nitrogens with two attached hydrogens (primary N) is 1. The van der Waals surface area contributed by atoms with Crippen molar-refractivity contribution in [2.75, 3.05) is 33.0 Å². The first-order valence-corrected chi connectivity index (χ1v) is 18.1. The Morgan fingerprint density at radius 1 is 0.600 bits per heavy atom. The number of nitriles is 4. The third-order valence-electron chi connectivity index (χ3n) is 8.73. The van der Waals surface area contributed by atoms with Crippen molar-refractivity contribution >= 4 is 17.4 Å². The number of halogens is 1. The Morgan fingerprint density at radius 3 is 1.45 bits per heavy atom. The Kier molecular flexibility index (Phi) is 14.7. The van der Waals surface area contributed by atoms with E-state index in [1.54, 1.807) is 43.4 Å². The van der Waals surface area contributed by atoms with Gasteiger partial charge in [-0.25, -0.2) is 0 Å². The van der Waals surface area contributed by atoms with Crippen LogP contribution in [-0.2, 0) is 13.2 Å². The van der Waals surface area contributed by atoms with Crippen molar-refractivity contribution in [3.05, 3.63) is 136 Å². The fraction of sp³-hybridized carbons (Fsp3) is 0.156. The van der Waals surface area contributed by atoms with Crippen LogP contribution >= 0.6 is 11.6 Å². The standard InChI is InChI=1S/C22H16N4O3.C21H12ClN3O3.CH5N.CH4/c1-25-21-16(10-23)20(15-7-8-18-19(9-15)29-13-28-18)17(11-24)22(26-21)27-12-14-5-3-2-4-6-14;22-20-15(9-23)19(14-6-7-17-18(8-14)28-12-27-17)16(10-24)21(25-20)26-11-13-4-2-1-3-5-13;1-2;/h2-9H,12-13H2,1H3,(H,25,26);1-8H,11-12H2;2H2,1H3;1H4. The van der Waals surface area contributed by atoms with Gasteiger partial charge < -0.3 is 39.5 Å². The van der Waals surface area contributed by atoms with E-state index in [4.69, 9.17) is 40.0 Å². The second-order valence-corrected chi connectivity index (χ2v) is 12.5. The number of ether oxygens (including phenoxy) is 6. The predicted molar refractivity (Wildman–Crippen MR) is 223 cm³/mol. The molecule has 0 spiro atoms. The van der Waals surface area contributed by atoms with Crippen molar-refractivity contribution in [2.24, 2.45) is 5.73 Å². The number of hydrogen-bond donors (Lipinski definition) is 2. The number of anilines is 1. The summed E-state index contributed by atoms with van der Waals surface area (Å²) in [7, 11) is 3.17. The molecule has 0 saturated carbocycles. The van der Waals surface area contributed by atoms with E-state index in [0.717, 1.165) is 11.1 Å². The van der Waals surface area contributed by atoms with Crippen molar-refractivity contribution in [3.8, 4) is 81.3 Å². The lowest BCUT2D eigenvalue weighted by Gasteiger charge is -2.15. The molecule has 0 saturated heterocycles. The fourth-order valence-electron chi connectivity index (χ4n) is 6.04. The van der Waals surface area contributed by atoms with E-state index < -0.39 is 0 Å². The Bertz CT molecular complexity index is 2650. The number of pyridine rings is 2. The maximum absolute atomic E-state index is 9.88. The molecule has 0 fully saturated rings. The third-order valence-corrected chi connectivity index (χ3v) is 9.00. The highest BCUT2D eigenvalue weighted by Crippen LogP contribution is 2.43. The maximum atomic E-state index is 9.88. The molecule has 4 heterocycles. The molecule has 4 aromatic carbocycles. The SMILES string of the molecule is C.CN.CNc1nc(OCc2ccccc2)c(C#N)c(-c2ccc3c(c2)OCO3)c1C#N.N#Cc1c(Cl)nc(OCc2ccccc2)c(C#N)c1-c1ccc2c(c1)OCO2. The van der Waals surface area contributed by atoms with E-state index in [0.29, 0.717) is 51.1 Å². The molecule has 2 aromatic heterocycles. The number of fused-ring (bicyclic) bond motifs is 2. The lowest BCUT2D eigenvalue weighted by Crippen LogP contribution is -2.06. The third kappa shape index (κ3) is 9.23. The zero-order valence-corrected chi connectivity index (χ0v) is 32.4. The van der Waals surface area contributed by atoms with Gasteiger partial charge in [0, 0.05) is 18.2 Å². The van der Waals surface area contributed by atoms with Gasteiger partial charge in [0.1, 0.15) is 60.0 Å². The first kappa shape index (κ1) is 43.1. The topological polar surface area (TPSA) is 214 Å². The average Bonchev–Trinajstić information content (AvgIpc) is 3.98. The van der Waals surface area contributed by atoms with Gasteiger partial charge in [0.05, 0.1) is 5.56 Å². The maximum Gasteiger partial charge on any atom is 0.234 e. The molecule has 15 heteroatoms. The van der Waals surface area contributed by atoms with E-state index in [9.17, 15) is 21.0 Å². The highest BCUT2D eigenvalue weighted by molar-refractivity contribution is 6.31. The molecule has 300 valence electrons. The van der Waals surface area contributed by atoms with Gasteiger partial charge in [-0.05, 0) is 53.6 Å². The molecule has 3 N–H and O–H groups in total. The van der Waals surface area contributed by atoms with Gasteiger partial charge in [0.25, 0.3) is 0 Å². The first-order chi connectivity index (χ1) is 29.0. The van der Waals surface area contributed by atoms with Gasteiger partial charge in [-0.1, -0.05) is 91.8 Å². The van der Waals surface area contributed by atoms with Crippen LogP contribution in [0.25, 0.3) is 22.3 Å². The highest BCUT2D eigenvalue weighted by Gasteiger charge is 2.26. The summed E-state index contributed by atoms with van der Waals surface area (Å²) < 4.78 is 33.2. The molecule has 6 aromatic rings. The summed E-state index contributed by atoms with van der Waals surface area (Å²) in [5.74, 6) is 2.88. The molecule has 2 aliphatic heterocycles. The van der Waals surface area contributed by atoms with Crippen LogP contribution < -0.4 is 39.5 Å². The molecule has 0 atom stereocenters. The molecule has 0 aliphatic carbocycles. The smallest absolute Gasteiger partial charge is 0.234 e. The Morgan fingerprint density at radius 2 is 1.02 bits per heavy atom. The Labute approximate surface area is 352 Å². The van der Waals surface area contributed by atoms with Crippen LogP contribution in [0, 0.1) is 45.3 Å². The lowest BCUT2D eigenvalue weighted by atomic mass is 9.96. The molecular weight excluding hydrogens is 784 g/mol. The minimum atomic E-state index is -0.0303. The zero-order chi connectivity index (χ0) is 41.7. The first-order valence-electron chi connectivity index (χ1n) is 17.8. The quantitative estimate of drug-likeness (QED) is 0.131. The largest absolute Gasteiger partial charge is 0.472 e. The Hall–Kier alpha value is -8.01. The number of nitrogens with zero attached hydrogens (tertiary/aromatic N) is 6. The minimum absolute atomic E-state index is 0. The molecule has 0 radical (unpaired) electrons. The number of aromatic nitrogens is 2. The molecule has 60 heavy (non-hydrogen) atoms. The summed E-state index contributed by atoms with van der Waals surface area (Å²) in [6.45, 7) is 0.722. The summed E-state index contributed by atoms with van der Waals surface area (Å²) in [5.41, 5.74) is 9.07. The van der Waals surface area contributed by atoms with Crippen LogP contribution in [0.4, 0.5) is 5.82 Å². The number of nitrogens with one attached hydrogen (secondary N) is 1. The molecule has 0 unspecified atom stereocenters. The van der Waals surface area contributed by atoms with E-state index in [2.05, 4.69) is 39.2 Å². The average molecular weight is 821 g/mol. The molecule has 14 nitrogen and oxygen atoms in total. The monoisotopic (exact) mass is 820 g/mol. The zero-order valence-electron chi connectivity index (χ0n) is 31.7. The predicted octanol–water partition coefficient (Wildman–Crippen LogP) is 8.51. The van der Waals surface area contributed by atoms with E-state index in [-0.39, 0.29) is 73.4 Å². The van der Waals surface area contributed by atoms with Crippen LogP contribution in [0.15, 0.2) is 97.1 Å².